The highest BCUT2D eigenvalue weighted by Gasteiger charge is 2.46. The molecule has 0 radical (unpaired) electrons. The third-order valence-corrected chi connectivity index (χ3v) is 7.71. The van der Waals surface area contributed by atoms with E-state index in [1.54, 1.807) is 42.3 Å². The van der Waals surface area contributed by atoms with Crippen molar-refractivity contribution in [1.82, 2.24) is 9.80 Å². The molecule has 1 amide bonds. The summed E-state index contributed by atoms with van der Waals surface area (Å²) in [6.45, 7) is 9.66. The quantitative estimate of drug-likeness (QED) is 0.0980. The number of nitrogens with zero attached hydrogens (tertiary/aromatic N) is 2. The summed E-state index contributed by atoms with van der Waals surface area (Å²) >= 11 is 0. The van der Waals surface area contributed by atoms with Crippen molar-refractivity contribution in [3.8, 4) is 17.2 Å². The van der Waals surface area contributed by atoms with Crippen LogP contribution in [-0.2, 0) is 16.2 Å². The lowest BCUT2D eigenvalue weighted by Gasteiger charge is -2.28. The van der Waals surface area contributed by atoms with Gasteiger partial charge in [0.05, 0.1) is 25.3 Å². The second-order valence-electron chi connectivity index (χ2n) is 10.4. The molecule has 1 N–H and O–H groups in total. The molecule has 43 heavy (non-hydrogen) atoms. The summed E-state index contributed by atoms with van der Waals surface area (Å²) in [6.07, 6.45) is 1.90. The molecular formula is C35H42N2O6. The number of likely N-dealkylation sites (N-methyl/N-ethyl adjacent to an activating group) is 1. The normalized spacial score (nSPS) is 16.1. The van der Waals surface area contributed by atoms with Crippen LogP contribution < -0.4 is 14.2 Å². The fourth-order valence-corrected chi connectivity index (χ4v) is 5.18. The molecule has 8 heteroatoms. The Labute approximate surface area is 254 Å². The number of hydrogen-bond donors (Lipinski definition) is 1. The summed E-state index contributed by atoms with van der Waals surface area (Å²) in [5.41, 5.74) is 2.10. The van der Waals surface area contributed by atoms with Gasteiger partial charge in [-0.25, -0.2) is 0 Å². The van der Waals surface area contributed by atoms with E-state index in [-0.39, 0.29) is 11.3 Å². The topological polar surface area (TPSA) is 88.5 Å². The molecule has 1 aliphatic rings. The van der Waals surface area contributed by atoms with Crippen LogP contribution in [0.3, 0.4) is 0 Å². The van der Waals surface area contributed by atoms with Gasteiger partial charge >= 0.3 is 0 Å². The summed E-state index contributed by atoms with van der Waals surface area (Å²) in [7, 11) is 1.55. The molecule has 1 heterocycles. The number of rotatable bonds is 15. The number of Topliss-reactive ketones (excluding diaryl/α,β-unsaturated/α-hetero) is 1. The van der Waals surface area contributed by atoms with Crippen LogP contribution in [0.2, 0.25) is 0 Å². The third kappa shape index (κ3) is 7.56. The van der Waals surface area contributed by atoms with E-state index < -0.39 is 17.7 Å². The van der Waals surface area contributed by atoms with E-state index in [2.05, 4.69) is 25.7 Å². The second kappa shape index (κ2) is 15.3. The van der Waals surface area contributed by atoms with Crippen LogP contribution in [-0.4, -0.2) is 66.5 Å². The number of ether oxygens (including phenoxy) is 3. The molecule has 3 aromatic rings. The molecule has 1 atom stereocenters. The molecule has 0 aliphatic carbocycles. The van der Waals surface area contributed by atoms with E-state index in [9.17, 15) is 14.7 Å². The van der Waals surface area contributed by atoms with Crippen molar-refractivity contribution in [1.29, 1.82) is 0 Å². The van der Waals surface area contributed by atoms with Gasteiger partial charge in [-0.2, -0.15) is 0 Å². The molecule has 1 unspecified atom stereocenters. The molecule has 8 nitrogen and oxygen atoms in total. The highest BCUT2D eigenvalue weighted by atomic mass is 16.5. The van der Waals surface area contributed by atoms with Gasteiger partial charge in [0.1, 0.15) is 18.1 Å². The largest absolute Gasteiger partial charge is 0.507 e. The Hall–Kier alpha value is -4.30. The third-order valence-electron chi connectivity index (χ3n) is 7.71. The van der Waals surface area contributed by atoms with Gasteiger partial charge in [-0.1, -0.05) is 75.7 Å². The zero-order valence-electron chi connectivity index (χ0n) is 25.5. The molecule has 228 valence electrons. The van der Waals surface area contributed by atoms with Crippen molar-refractivity contribution in [2.75, 3.05) is 39.9 Å². The SMILES string of the molecule is CCCCOc1cccc(C(O)=C2C(=O)C(=O)N(CCN(CC)CC)C2c2ccc(OCc3ccccc3)c(OC)c2)c1. The molecule has 4 rings (SSSR count). The minimum Gasteiger partial charge on any atom is -0.507 e. The Bertz CT molecular complexity index is 1420. The maximum absolute atomic E-state index is 13.6. The standard InChI is InChI=1S/C35H42N2O6/c1-5-8-21-42-28-16-12-15-27(22-28)33(38)31-32(37(35(40)34(31)39)20-19-36(6-2)7-3)26-17-18-29(30(23-26)41-4)43-24-25-13-10-9-11-14-25/h9-18,22-23,32,38H,5-8,19-21,24H2,1-4H3. The van der Waals surface area contributed by atoms with E-state index >= 15 is 0 Å². The van der Waals surface area contributed by atoms with Crippen LogP contribution in [0.5, 0.6) is 17.2 Å². The fraction of sp³-hybridized carbons (Fsp3) is 0.371. The number of carbonyl (C=O) groups excluding carboxylic acids is 2. The lowest BCUT2D eigenvalue weighted by atomic mass is 9.95. The van der Waals surface area contributed by atoms with Crippen molar-refractivity contribution in [3.05, 3.63) is 95.1 Å². The van der Waals surface area contributed by atoms with Crippen LogP contribution in [0.25, 0.3) is 5.76 Å². The first kappa shape index (κ1) is 31.6. The summed E-state index contributed by atoms with van der Waals surface area (Å²) in [6, 6.07) is 21.4. The van der Waals surface area contributed by atoms with E-state index in [0.29, 0.717) is 54.7 Å². The van der Waals surface area contributed by atoms with Gasteiger partial charge in [-0.15, -0.1) is 0 Å². The molecule has 1 aliphatic heterocycles. The molecule has 0 aromatic heterocycles. The maximum atomic E-state index is 13.6. The number of likely N-dealkylation sites (tertiary alicyclic amines) is 1. The lowest BCUT2D eigenvalue weighted by molar-refractivity contribution is -0.140. The number of methoxy groups -OCH3 is 1. The Balaban J connectivity index is 1.74. The number of carbonyl (C=O) groups is 2. The van der Waals surface area contributed by atoms with Crippen molar-refractivity contribution in [3.63, 3.8) is 0 Å². The van der Waals surface area contributed by atoms with Gasteiger partial charge in [0, 0.05) is 18.7 Å². The average molecular weight is 587 g/mol. The second-order valence-corrected chi connectivity index (χ2v) is 10.4. The van der Waals surface area contributed by atoms with Crippen LogP contribution in [0.4, 0.5) is 0 Å². The van der Waals surface area contributed by atoms with Crippen molar-refractivity contribution in [2.45, 2.75) is 46.3 Å². The predicted molar refractivity (Wildman–Crippen MR) is 167 cm³/mol. The minimum absolute atomic E-state index is 0.0373. The molecule has 0 saturated carbocycles. The van der Waals surface area contributed by atoms with Crippen molar-refractivity contribution >= 4 is 17.4 Å². The van der Waals surface area contributed by atoms with Gasteiger partial charge in [0.15, 0.2) is 11.5 Å². The summed E-state index contributed by atoms with van der Waals surface area (Å²) in [5, 5.41) is 11.6. The summed E-state index contributed by atoms with van der Waals surface area (Å²) in [5.74, 6) is -0.00856. The van der Waals surface area contributed by atoms with Crippen LogP contribution in [0.15, 0.2) is 78.4 Å². The minimum atomic E-state index is -0.808. The van der Waals surface area contributed by atoms with E-state index in [1.165, 1.54) is 0 Å². The first-order chi connectivity index (χ1) is 20.9. The van der Waals surface area contributed by atoms with Crippen LogP contribution in [0, 0.1) is 0 Å². The molecule has 1 saturated heterocycles. The average Bonchev–Trinajstić information content (AvgIpc) is 3.29. The van der Waals surface area contributed by atoms with Crippen LogP contribution >= 0.6 is 0 Å². The number of amides is 1. The van der Waals surface area contributed by atoms with Crippen LogP contribution in [0.1, 0.15) is 56.3 Å². The van der Waals surface area contributed by atoms with Gasteiger partial charge in [-0.3, -0.25) is 9.59 Å². The molecular weight excluding hydrogens is 544 g/mol. The van der Waals surface area contributed by atoms with Gasteiger partial charge < -0.3 is 29.1 Å². The number of aliphatic hydroxyl groups is 1. The monoisotopic (exact) mass is 586 g/mol. The Morgan fingerprint density at radius 3 is 2.37 bits per heavy atom. The number of ketones is 1. The molecule has 0 bridgehead atoms. The molecule has 1 fully saturated rings. The Kier molecular flexibility index (Phi) is 11.2. The first-order valence-corrected chi connectivity index (χ1v) is 15.0. The van der Waals surface area contributed by atoms with E-state index in [4.69, 9.17) is 14.2 Å². The number of unbranched alkanes of at least 4 members (excludes halogenated alkanes) is 1. The fourth-order valence-electron chi connectivity index (χ4n) is 5.18. The molecule has 3 aromatic carbocycles. The predicted octanol–water partition coefficient (Wildman–Crippen LogP) is 6.22. The van der Waals surface area contributed by atoms with Gasteiger partial charge in [-0.05, 0) is 54.9 Å². The highest BCUT2D eigenvalue weighted by Crippen LogP contribution is 2.42. The maximum Gasteiger partial charge on any atom is 0.295 e. The van der Waals surface area contributed by atoms with Crippen molar-refractivity contribution < 1.29 is 28.9 Å². The van der Waals surface area contributed by atoms with Gasteiger partial charge in [0.25, 0.3) is 11.7 Å². The molecule has 0 spiro atoms. The van der Waals surface area contributed by atoms with Gasteiger partial charge in [0.2, 0.25) is 0 Å². The number of hydrogen-bond acceptors (Lipinski definition) is 7. The first-order valence-electron chi connectivity index (χ1n) is 15.0. The highest BCUT2D eigenvalue weighted by molar-refractivity contribution is 6.46. The number of aliphatic hydroxyl groups excluding tert-OH is 1. The Morgan fingerprint density at radius 1 is 0.907 bits per heavy atom. The lowest BCUT2D eigenvalue weighted by Crippen LogP contribution is -2.38. The smallest absolute Gasteiger partial charge is 0.295 e. The summed E-state index contributed by atoms with van der Waals surface area (Å²) in [4.78, 5) is 30.8. The Morgan fingerprint density at radius 2 is 1.67 bits per heavy atom. The zero-order valence-corrected chi connectivity index (χ0v) is 25.5. The van der Waals surface area contributed by atoms with E-state index in [1.807, 2.05) is 42.5 Å². The number of benzene rings is 3. The zero-order chi connectivity index (χ0) is 30.8. The van der Waals surface area contributed by atoms with Crippen molar-refractivity contribution in [2.24, 2.45) is 0 Å². The van der Waals surface area contributed by atoms with E-state index in [0.717, 1.165) is 31.5 Å². The summed E-state index contributed by atoms with van der Waals surface area (Å²) < 4.78 is 17.6.